The van der Waals surface area contributed by atoms with Gasteiger partial charge in [-0.2, -0.15) is 0 Å². The Labute approximate surface area is 155 Å². The Morgan fingerprint density at radius 3 is 2.46 bits per heavy atom. The van der Waals surface area contributed by atoms with Gasteiger partial charge >= 0.3 is 0 Å². The summed E-state index contributed by atoms with van der Waals surface area (Å²) in [5.74, 6) is 3.63. The molecule has 0 saturated carbocycles. The average molecular weight is 355 g/mol. The van der Waals surface area contributed by atoms with Gasteiger partial charge in [-0.05, 0) is 46.0 Å². The Kier molecular flexibility index (Phi) is 5.04. The molecule has 2 aromatic rings. The van der Waals surface area contributed by atoms with Gasteiger partial charge in [-0.15, -0.1) is 10.2 Å². The summed E-state index contributed by atoms with van der Waals surface area (Å²) >= 11 is 0. The largest absolute Gasteiger partial charge is 0.356 e. The van der Waals surface area contributed by atoms with Gasteiger partial charge in [0.05, 0.1) is 0 Å². The fourth-order valence-corrected chi connectivity index (χ4v) is 4.14. The van der Waals surface area contributed by atoms with E-state index in [9.17, 15) is 0 Å². The highest BCUT2D eigenvalue weighted by molar-refractivity contribution is 5.50. The van der Waals surface area contributed by atoms with Crippen LogP contribution in [0.4, 0.5) is 11.6 Å². The van der Waals surface area contributed by atoms with Gasteiger partial charge in [0.2, 0.25) is 0 Å². The molecule has 140 valence electrons. The number of hydrogen-bond donors (Lipinski definition) is 0. The molecule has 26 heavy (non-hydrogen) atoms. The van der Waals surface area contributed by atoms with Crippen molar-refractivity contribution >= 4 is 11.6 Å². The average Bonchev–Trinajstić information content (AvgIpc) is 3.19. The second-order valence-electron chi connectivity index (χ2n) is 7.76. The summed E-state index contributed by atoms with van der Waals surface area (Å²) in [5, 5.41) is 8.58. The molecular weight excluding hydrogens is 326 g/mol. The first-order valence-corrected chi connectivity index (χ1v) is 9.93. The first-order valence-electron chi connectivity index (χ1n) is 9.93. The molecule has 7 heteroatoms. The van der Waals surface area contributed by atoms with E-state index in [0.717, 1.165) is 56.5 Å². The van der Waals surface area contributed by atoms with Crippen molar-refractivity contribution < 1.29 is 0 Å². The lowest BCUT2D eigenvalue weighted by atomic mass is 9.97. The third kappa shape index (κ3) is 3.52. The maximum absolute atomic E-state index is 4.58. The number of hydrogen-bond acceptors (Lipinski definition) is 6. The van der Waals surface area contributed by atoms with Crippen molar-refractivity contribution in [3.8, 4) is 0 Å². The molecule has 7 nitrogen and oxygen atoms in total. The van der Waals surface area contributed by atoms with Gasteiger partial charge in [0.1, 0.15) is 30.1 Å². The second-order valence-corrected chi connectivity index (χ2v) is 7.76. The van der Waals surface area contributed by atoms with E-state index in [1.807, 2.05) is 6.33 Å². The van der Waals surface area contributed by atoms with Crippen LogP contribution in [0, 0.1) is 0 Å². The Morgan fingerprint density at radius 2 is 1.69 bits per heavy atom. The number of anilines is 2. The molecule has 0 aliphatic carbocycles. The lowest BCUT2D eigenvalue weighted by Crippen LogP contribution is -2.36. The molecule has 0 N–H and O–H groups in total. The van der Waals surface area contributed by atoms with Crippen LogP contribution in [0.15, 0.2) is 18.7 Å². The van der Waals surface area contributed by atoms with Gasteiger partial charge in [-0.25, -0.2) is 9.97 Å². The highest BCUT2D eigenvalue weighted by Gasteiger charge is 2.27. The minimum Gasteiger partial charge on any atom is -0.356 e. The predicted molar refractivity (Wildman–Crippen MR) is 103 cm³/mol. The molecule has 0 bridgehead atoms. The zero-order valence-corrected chi connectivity index (χ0v) is 15.9. The zero-order chi connectivity index (χ0) is 17.9. The van der Waals surface area contributed by atoms with Crippen LogP contribution < -0.4 is 9.80 Å². The molecule has 2 fully saturated rings. The summed E-state index contributed by atoms with van der Waals surface area (Å²) in [4.78, 5) is 13.9. The van der Waals surface area contributed by atoms with E-state index in [2.05, 4.69) is 54.4 Å². The summed E-state index contributed by atoms with van der Waals surface area (Å²) < 4.78 is 2.20. The van der Waals surface area contributed by atoms with Crippen LogP contribution in [-0.4, -0.2) is 50.9 Å². The van der Waals surface area contributed by atoms with Crippen LogP contribution in [0.2, 0.25) is 0 Å². The number of nitrogens with zero attached hydrogens (tertiary/aromatic N) is 7. The van der Waals surface area contributed by atoms with Gasteiger partial charge in [0, 0.05) is 44.2 Å². The van der Waals surface area contributed by atoms with E-state index >= 15 is 0 Å². The predicted octanol–water partition coefficient (Wildman–Crippen LogP) is 3.02. The van der Waals surface area contributed by atoms with Crippen LogP contribution in [0.3, 0.4) is 0 Å². The second kappa shape index (κ2) is 7.60. The molecule has 4 heterocycles. The third-order valence-electron chi connectivity index (χ3n) is 5.59. The van der Waals surface area contributed by atoms with Crippen molar-refractivity contribution in [1.29, 1.82) is 0 Å². The van der Waals surface area contributed by atoms with Gasteiger partial charge in [-0.3, -0.25) is 0 Å². The topological polar surface area (TPSA) is 63.0 Å². The standard InChI is InChI=1S/C19H29N7/c1-15(2)26-14-22-23-19(26)16-7-6-10-25(12-16)18-11-17(20-13-21-18)24-8-4-3-5-9-24/h11,13-16H,3-10,12H2,1-2H3. The lowest BCUT2D eigenvalue weighted by Gasteiger charge is -2.34. The molecule has 0 amide bonds. The SMILES string of the molecule is CC(C)n1cnnc1C1CCCN(c2cc(N3CCCCC3)ncn2)C1. The smallest absolute Gasteiger partial charge is 0.137 e. The quantitative estimate of drug-likeness (QED) is 0.840. The number of piperidine rings is 2. The minimum atomic E-state index is 0.389. The normalized spacial score (nSPS) is 21.4. The molecule has 2 aliphatic heterocycles. The molecule has 2 aliphatic rings. The molecule has 0 radical (unpaired) electrons. The van der Waals surface area contributed by atoms with Gasteiger partial charge in [0.15, 0.2) is 0 Å². The van der Waals surface area contributed by atoms with E-state index < -0.39 is 0 Å². The van der Waals surface area contributed by atoms with Gasteiger partial charge in [0.25, 0.3) is 0 Å². The molecule has 1 atom stereocenters. The van der Waals surface area contributed by atoms with Crippen molar-refractivity contribution in [2.45, 2.75) is 57.9 Å². The van der Waals surface area contributed by atoms with Gasteiger partial charge in [-0.1, -0.05) is 0 Å². The highest BCUT2D eigenvalue weighted by Crippen LogP contribution is 2.30. The maximum atomic E-state index is 4.58. The lowest BCUT2D eigenvalue weighted by molar-refractivity contribution is 0.453. The van der Waals surface area contributed by atoms with Crippen molar-refractivity contribution in [2.24, 2.45) is 0 Å². The number of rotatable bonds is 4. The van der Waals surface area contributed by atoms with Crippen molar-refractivity contribution in [2.75, 3.05) is 36.0 Å². The summed E-state index contributed by atoms with van der Waals surface area (Å²) in [6.45, 7) is 8.57. The van der Waals surface area contributed by atoms with Crippen LogP contribution in [-0.2, 0) is 0 Å². The molecular formula is C19H29N7. The van der Waals surface area contributed by atoms with Crippen LogP contribution in [0.25, 0.3) is 0 Å². The summed E-state index contributed by atoms with van der Waals surface area (Å²) in [6, 6.07) is 2.56. The Hall–Kier alpha value is -2.18. The van der Waals surface area contributed by atoms with E-state index in [1.54, 1.807) is 6.33 Å². The number of aromatic nitrogens is 5. The fourth-order valence-electron chi connectivity index (χ4n) is 4.14. The zero-order valence-electron chi connectivity index (χ0n) is 15.9. The van der Waals surface area contributed by atoms with Crippen molar-refractivity contribution in [3.05, 3.63) is 24.5 Å². The summed E-state index contributed by atoms with van der Waals surface area (Å²) in [5.41, 5.74) is 0. The van der Waals surface area contributed by atoms with E-state index in [0.29, 0.717) is 12.0 Å². The Bertz CT molecular complexity index is 720. The molecule has 2 aromatic heterocycles. The van der Waals surface area contributed by atoms with Crippen molar-refractivity contribution in [1.82, 2.24) is 24.7 Å². The fraction of sp³-hybridized carbons (Fsp3) is 0.684. The van der Waals surface area contributed by atoms with E-state index in [1.165, 1.54) is 19.3 Å². The van der Waals surface area contributed by atoms with E-state index in [4.69, 9.17) is 0 Å². The molecule has 4 rings (SSSR count). The van der Waals surface area contributed by atoms with Crippen LogP contribution in [0.1, 0.15) is 63.7 Å². The Balaban J connectivity index is 1.52. The van der Waals surface area contributed by atoms with E-state index in [-0.39, 0.29) is 0 Å². The van der Waals surface area contributed by atoms with Crippen LogP contribution in [0.5, 0.6) is 0 Å². The molecule has 0 spiro atoms. The third-order valence-corrected chi connectivity index (χ3v) is 5.59. The molecule has 1 unspecified atom stereocenters. The molecule has 0 aromatic carbocycles. The maximum Gasteiger partial charge on any atom is 0.137 e. The van der Waals surface area contributed by atoms with Crippen molar-refractivity contribution in [3.63, 3.8) is 0 Å². The van der Waals surface area contributed by atoms with Crippen LogP contribution >= 0.6 is 0 Å². The Morgan fingerprint density at radius 1 is 0.962 bits per heavy atom. The highest BCUT2D eigenvalue weighted by atomic mass is 15.3. The first-order chi connectivity index (χ1) is 12.7. The molecule has 2 saturated heterocycles. The summed E-state index contributed by atoms with van der Waals surface area (Å²) in [6.07, 6.45) is 9.74. The van der Waals surface area contributed by atoms with Gasteiger partial charge < -0.3 is 14.4 Å². The monoisotopic (exact) mass is 355 g/mol. The summed E-state index contributed by atoms with van der Waals surface area (Å²) in [7, 11) is 0. The first kappa shape index (κ1) is 17.2. The minimum absolute atomic E-state index is 0.389.